The molecule has 0 saturated heterocycles. The molecule has 0 aliphatic heterocycles. The molecule has 0 atom stereocenters. The predicted octanol–water partition coefficient (Wildman–Crippen LogP) is 2.38. The minimum atomic E-state index is 0.129. The maximum atomic E-state index is 9.53. The fourth-order valence-corrected chi connectivity index (χ4v) is 2.34. The van der Waals surface area contributed by atoms with Crippen LogP contribution in [0.4, 0.5) is 0 Å². The first-order chi connectivity index (χ1) is 6.72. The highest BCUT2D eigenvalue weighted by Gasteiger charge is 2.09. The third-order valence-electron chi connectivity index (χ3n) is 1.99. The number of phenols is 1. The van der Waals surface area contributed by atoms with Crippen LogP contribution in [0, 0.1) is 11.3 Å². The van der Waals surface area contributed by atoms with Crippen LogP contribution >= 0.6 is 11.3 Å². The number of fused-ring (bicyclic) bond motifs is 1. The van der Waals surface area contributed by atoms with Gasteiger partial charge in [0.15, 0.2) is 0 Å². The van der Waals surface area contributed by atoms with Crippen LogP contribution in [-0.4, -0.2) is 10.2 Å². The molecular formula is C10H7NO2S. The van der Waals surface area contributed by atoms with Gasteiger partial charge in [-0.2, -0.15) is 5.26 Å². The van der Waals surface area contributed by atoms with Crippen LogP contribution in [0.3, 0.4) is 0 Å². The van der Waals surface area contributed by atoms with Crippen LogP contribution in [0.5, 0.6) is 11.5 Å². The zero-order chi connectivity index (χ0) is 10.1. The van der Waals surface area contributed by atoms with Crippen molar-refractivity contribution in [1.29, 1.82) is 5.26 Å². The summed E-state index contributed by atoms with van der Waals surface area (Å²) in [4.78, 5) is 0. The molecule has 2 N–H and O–H groups in total. The van der Waals surface area contributed by atoms with Gasteiger partial charge in [-0.05, 0) is 17.7 Å². The second-order valence-electron chi connectivity index (χ2n) is 2.93. The normalized spacial score (nSPS) is 10.2. The number of hydrogen-bond donors (Lipinski definition) is 2. The Balaban J connectivity index is 2.78. The average molecular weight is 205 g/mol. The Labute approximate surface area is 84.5 Å². The van der Waals surface area contributed by atoms with Gasteiger partial charge in [-0.3, -0.25) is 0 Å². The van der Waals surface area contributed by atoms with Crippen LogP contribution in [0.2, 0.25) is 0 Å². The molecule has 0 amide bonds. The number of nitrogens with zero attached hydrogens (tertiary/aromatic N) is 1. The first-order valence-corrected chi connectivity index (χ1v) is 4.89. The van der Waals surface area contributed by atoms with Crippen LogP contribution in [-0.2, 0) is 6.42 Å². The fourth-order valence-electron chi connectivity index (χ4n) is 1.44. The summed E-state index contributed by atoms with van der Waals surface area (Å²) in [5, 5.41) is 29.8. The summed E-state index contributed by atoms with van der Waals surface area (Å²) >= 11 is 1.35. The van der Waals surface area contributed by atoms with Crippen molar-refractivity contribution in [2.24, 2.45) is 0 Å². The average Bonchev–Trinajstić information content (AvgIpc) is 2.48. The van der Waals surface area contributed by atoms with E-state index >= 15 is 0 Å². The van der Waals surface area contributed by atoms with Crippen molar-refractivity contribution in [3.05, 3.63) is 23.1 Å². The van der Waals surface area contributed by atoms with Gasteiger partial charge in [0.1, 0.15) is 11.5 Å². The first-order valence-electron chi connectivity index (χ1n) is 4.01. The molecule has 3 nitrogen and oxygen atoms in total. The lowest BCUT2D eigenvalue weighted by atomic mass is 10.1. The highest BCUT2D eigenvalue weighted by atomic mass is 32.1. The van der Waals surface area contributed by atoms with Crippen molar-refractivity contribution >= 4 is 21.4 Å². The molecule has 0 saturated carbocycles. The summed E-state index contributed by atoms with van der Waals surface area (Å²) in [5.74, 6) is 0.305. The lowest BCUT2D eigenvalue weighted by molar-refractivity contribution is 0.475. The lowest BCUT2D eigenvalue weighted by Crippen LogP contribution is -1.82. The molecule has 1 heterocycles. The summed E-state index contributed by atoms with van der Waals surface area (Å²) < 4.78 is 0.799. The molecule has 2 aromatic rings. The molecule has 0 aliphatic rings. The van der Waals surface area contributed by atoms with Gasteiger partial charge < -0.3 is 10.2 Å². The molecule has 0 fully saturated rings. The smallest absolute Gasteiger partial charge is 0.134 e. The largest absolute Gasteiger partial charge is 0.508 e. The highest BCUT2D eigenvalue weighted by Crippen LogP contribution is 2.36. The third-order valence-corrected chi connectivity index (χ3v) is 2.91. The second kappa shape index (κ2) is 3.20. The van der Waals surface area contributed by atoms with Gasteiger partial charge in [0.25, 0.3) is 0 Å². The van der Waals surface area contributed by atoms with Gasteiger partial charge in [0, 0.05) is 15.5 Å². The monoisotopic (exact) mass is 205 g/mol. The fraction of sp³-hybridized carbons (Fsp3) is 0.100. The molecule has 0 unspecified atom stereocenters. The highest BCUT2D eigenvalue weighted by molar-refractivity contribution is 7.17. The van der Waals surface area contributed by atoms with Crippen molar-refractivity contribution in [2.75, 3.05) is 0 Å². The standard InChI is InChI=1S/C10H7NO2S/c11-2-1-6-3-7(12)4-9-10(6)8(13)5-14-9/h3-5,12-13H,1H2. The zero-order valence-electron chi connectivity index (χ0n) is 7.19. The van der Waals surface area contributed by atoms with E-state index in [1.54, 1.807) is 11.4 Å². The van der Waals surface area contributed by atoms with Gasteiger partial charge in [-0.25, -0.2) is 0 Å². The van der Waals surface area contributed by atoms with E-state index in [1.165, 1.54) is 17.4 Å². The molecule has 1 aromatic carbocycles. The molecule has 0 bridgehead atoms. The van der Waals surface area contributed by atoms with Gasteiger partial charge in [-0.1, -0.05) is 0 Å². The number of thiophene rings is 1. The van der Waals surface area contributed by atoms with Crippen molar-refractivity contribution < 1.29 is 10.2 Å². The number of rotatable bonds is 1. The van der Waals surface area contributed by atoms with Crippen LogP contribution in [0.15, 0.2) is 17.5 Å². The molecule has 1 aromatic heterocycles. The van der Waals surface area contributed by atoms with Gasteiger partial charge >= 0.3 is 0 Å². The number of phenolic OH excluding ortho intramolecular Hbond substituents is 1. The molecule has 0 aliphatic carbocycles. The van der Waals surface area contributed by atoms with Gasteiger partial charge in [0.05, 0.1) is 12.5 Å². The number of benzene rings is 1. The third kappa shape index (κ3) is 1.28. The SMILES string of the molecule is N#CCc1cc(O)cc2scc(O)c12. The van der Waals surface area contributed by atoms with E-state index in [1.807, 2.05) is 6.07 Å². The van der Waals surface area contributed by atoms with Gasteiger partial charge in [0.2, 0.25) is 0 Å². The van der Waals surface area contributed by atoms with E-state index in [4.69, 9.17) is 5.26 Å². The van der Waals surface area contributed by atoms with E-state index in [9.17, 15) is 10.2 Å². The quantitative estimate of drug-likeness (QED) is 0.751. The van der Waals surface area contributed by atoms with E-state index < -0.39 is 0 Å². The molecule has 4 heteroatoms. The Kier molecular flexibility index (Phi) is 2.02. The molecule has 2 rings (SSSR count). The molecule has 14 heavy (non-hydrogen) atoms. The van der Waals surface area contributed by atoms with E-state index in [0.717, 1.165) is 4.70 Å². The van der Waals surface area contributed by atoms with E-state index in [0.29, 0.717) is 10.9 Å². The Morgan fingerprint density at radius 1 is 1.36 bits per heavy atom. The molecular weight excluding hydrogens is 198 g/mol. The number of aromatic hydroxyl groups is 2. The predicted molar refractivity (Wildman–Crippen MR) is 54.5 cm³/mol. The Bertz CT molecular complexity index is 525. The minimum absolute atomic E-state index is 0.129. The number of nitriles is 1. The summed E-state index contributed by atoms with van der Waals surface area (Å²) in [6, 6.07) is 5.10. The van der Waals surface area contributed by atoms with Crippen LogP contribution in [0.1, 0.15) is 5.56 Å². The van der Waals surface area contributed by atoms with E-state index in [-0.39, 0.29) is 17.9 Å². The van der Waals surface area contributed by atoms with Crippen molar-refractivity contribution in [3.63, 3.8) is 0 Å². The van der Waals surface area contributed by atoms with Crippen LogP contribution in [0.25, 0.3) is 10.1 Å². The van der Waals surface area contributed by atoms with Crippen molar-refractivity contribution in [3.8, 4) is 17.6 Å². The minimum Gasteiger partial charge on any atom is -0.508 e. The Morgan fingerprint density at radius 2 is 2.14 bits per heavy atom. The molecule has 70 valence electrons. The maximum Gasteiger partial charge on any atom is 0.134 e. The van der Waals surface area contributed by atoms with Crippen molar-refractivity contribution in [2.45, 2.75) is 6.42 Å². The zero-order valence-corrected chi connectivity index (χ0v) is 8.01. The Morgan fingerprint density at radius 3 is 2.86 bits per heavy atom. The van der Waals surface area contributed by atoms with Crippen molar-refractivity contribution in [1.82, 2.24) is 0 Å². The van der Waals surface area contributed by atoms with Crippen LogP contribution < -0.4 is 0 Å². The topological polar surface area (TPSA) is 64.2 Å². The maximum absolute atomic E-state index is 9.53. The van der Waals surface area contributed by atoms with Gasteiger partial charge in [-0.15, -0.1) is 11.3 Å². The summed E-state index contributed by atoms with van der Waals surface area (Å²) in [6.45, 7) is 0. The summed E-state index contributed by atoms with van der Waals surface area (Å²) in [7, 11) is 0. The van der Waals surface area contributed by atoms with E-state index in [2.05, 4.69) is 0 Å². The first kappa shape index (κ1) is 8.85. The lowest BCUT2D eigenvalue weighted by Gasteiger charge is -2.00. The summed E-state index contributed by atoms with van der Waals surface area (Å²) in [6.07, 6.45) is 0.190. The Hall–Kier alpha value is -1.73. The summed E-state index contributed by atoms with van der Waals surface area (Å²) in [5.41, 5.74) is 0.668. The second-order valence-corrected chi connectivity index (χ2v) is 3.85. The number of hydrogen-bond acceptors (Lipinski definition) is 4. The molecule has 0 radical (unpaired) electrons. The molecule has 0 spiro atoms.